The fourth-order valence-electron chi connectivity index (χ4n) is 4.09. The van der Waals surface area contributed by atoms with Gasteiger partial charge in [-0.25, -0.2) is 4.98 Å². The molecule has 1 aliphatic rings. The fourth-order valence-corrected chi connectivity index (χ4v) is 4.09. The van der Waals surface area contributed by atoms with Crippen molar-refractivity contribution in [2.75, 3.05) is 26.8 Å². The SMILES string of the molecule is COc1ccc2cc1OCCCN(C(=O)c1cn[nH]c1)CC(=O)N[C@@H](C(C)C)C(=O)NCc1nc-2oc1C. The third-order valence-corrected chi connectivity index (χ3v) is 6.20. The number of aromatic nitrogens is 3. The van der Waals surface area contributed by atoms with E-state index in [1.807, 2.05) is 19.9 Å². The third kappa shape index (κ3) is 6.13. The zero-order valence-electron chi connectivity index (χ0n) is 21.9. The summed E-state index contributed by atoms with van der Waals surface area (Å²) in [4.78, 5) is 45.1. The van der Waals surface area contributed by atoms with Crippen LogP contribution in [0.15, 0.2) is 35.0 Å². The first kappa shape index (κ1) is 26.7. The van der Waals surface area contributed by atoms with Crippen molar-refractivity contribution in [2.24, 2.45) is 5.92 Å². The van der Waals surface area contributed by atoms with Crippen molar-refractivity contribution in [3.63, 3.8) is 0 Å². The van der Waals surface area contributed by atoms with Crippen LogP contribution < -0.4 is 20.1 Å². The van der Waals surface area contributed by atoms with Gasteiger partial charge in [0, 0.05) is 18.3 Å². The van der Waals surface area contributed by atoms with Crippen LogP contribution in [0.3, 0.4) is 0 Å². The summed E-state index contributed by atoms with van der Waals surface area (Å²) in [6, 6.07) is 4.54. The minimum Gasteiger partial charge on any atom is -0.493 e. The van der Waals surface area contributed by atoms with Crippen molar-refractivity contribution in [2.45, 2.75) is 39.8 Å². The molecule has 0 fully saturated rings. The van der Waals surface area contributed by atoms with E-state index in [0.29, 0.717) is 46.4 Å². The van der Waals surface area contributed by atoms with Gasteiger partial charge in [-0.05, 0) is 37.5 Å². The Hall–Kier alpha value is -4.35. The molecule has 12 nitrogen and oxygen atoms in total. The molecule has 3 amide bonds. The summed E-state index contributed by atoms with van der Waals surface area (Å²) in [5.41, 5.74) is 1.58. The summed E-state index contributed by atoms with van der Waals surface area (Å²) in [5, 5.41) is 12.1. The topological polar surface area (TPSA) is 152 Å². The number of hydrogen-bond donors (Lipinski definition) is 3. The van der Waals surface area contributed by atoms with E-state index in [4.69, 9.17) is 13.9 Å². The summed E-state index contributed by atoms with van der Waals surface area (Å²) < 4.78 is 17.3. The molecule has 3 heterocycles. The number of fused-ring (bicyclic) bond motifs is 5. The van der Waals surface area contributed by atoms with Crippen LogP contribution in [0.2, 0.25) is 0 Å². The summed E-state index contributed by atoms with van der Waals surface area (Å²) >= 11 is 0. The average Bonchev–Trinajstić information content (AvgIpc) is 3.56. The normalized spacial score (nSPS) is 17.2. The van der Waals surface area contributed by atoms with Gasteiger partial charge in [-0.1, -0.05) is 13.8 Å². The zero-order chi connectivity index (χ0) is 27.2. The van der Waals surface area contributed by atoms with Crippen molar-refractivity contribution in [3.8, 4) is 23.0 Å². The summed E-state index contributed by atoms with van der Waals surface area (Å²) in [7, 11) is 1.55. The van der Waals surface area contributed by atoms with Gasteiger partial charge in [0.2, 0.25) is 17.7 Å². The fraction of sp³-hybridized carbons (Fsp3) is 0.423. The number of H-pyrrole nitrogens is 1. The Balaban J connectivity index is 1.64. The molecule has 3 aromatic rings. The Labute approximate surface area is 220 Å². The van der Waals surface area contributed by atoms with Gasteiger partial charge in [-0.3, -0.25) is 19.5 Å². The Kier molecular flexibility index (Phi) is 8.29. The number of benzene rings is 1. The number of methoxy groups -OCH3 is 1. The lowest BCUT2D eigenvalue weighted by molar-refractivity contribution is -0.130. The summed E-state index contributed by atoms with van der Waals surface area (Å²) in [6.45, 7) is 5.83. The van der Waals surface area contributed by atoms with Crippen LogP contribution in [0.1, 0.15) is 42.1 Å². The molecular formula is C26H32N6O6. The van der Waals surface area contributed by atoms with Crippen molar-refractivity contribution in [1.29, 1.82) is 0 Å². The molecule has 0 spiro atoms. The van der Waals surface area contributed by atoms with Crippen LogP contribution in [0.25, 0.3) is 11.5 Å². The van der Waals surface area contributed by atoms with Gasteiger partial charge in [0.1, 0.15) is 17.5 Å². The number of rotatable bonds is 3. The first-order valence-corrected chi connectivity index (χ1v) is 12.4. The maximum atomic E-state index is 13.1. The molecule has 2 aromatic heterocycles. The van der Waals surface area contributed by atoms with E-state index in [1.54, 1.807) is 26.2 Å². The van der Waals surface area contributed by atoms with Gasteiger partial charge in [0.05, 0.1) is 38.6 Å². The predicted molar refractivity (Wildman–Crippen MR) is 136 cm³/mol. The number of hydrogen-bond acceptors (Lipinski definition) is 8. The van der Waals surface area contributed by atoms with Crippen LogP contribution in [0, 0.1) is 12.8 Å². The van der Waals surface area contributed by atoms with Gasteiger partial charge < -0.3 is 29.4 Å². The van der Waals surface area contributed by atoms with E-state index in [9.17, 15) is 14.4 Å². The molecule has 4 bridgehead atoms. The standard InChI is InChI=1S/C26H32N6O6/c1-15(2)23-24(34)27-13-19-16(3)38-25(30-19)17-6-7-20(36-4)21(10-17)37-9-5-8-32(14-22(33)31-23)26(35)18-11-28-29-12-18/h6-7,10-12,15,23H,5,8-9,13-14H2,1-4H3,(H,27,34)(H,28,29)(H,31,33)/t23-/m0/s1. The molecule has 1 aliphatic heterocycles. The average molecular weight is 525 g/mol. The summed E-state index contributed by atoms with van der Waals surface area (Å²) in [5.74, 6) is 0.607. The molecule has 202 valence electrons. The highest BCUT2D eigenvalue weighted by molar-refractivity contribution is 5.96. The molecule has 0 saturated carbocycles. The number of aryl methyl sites for hydroxylation is 1. The lowest BCUT2D eigenvalue weighted by atomic mass is 10.0. The Bertz CT molecular complexity index is 1290. The first-order chi connectivity index (χ1) is 18.3. The highest BCUT2D eigenvalue weighted by Gasteiger charge is 2.27. The monoisotopic (exact) mass is 524 g/mol. The van der Waals surface area contributed by atoms with E-state index in [1.165, 1.54) is 17.3 Å². The number of carbonyl (C=O) groups excluding carboxylic acids is 3. The number of ether oxygens (including phenoxy) is 2. The van der Waals surface area contributed by atoms with Gasteiger partial charge in [0.25, 0.3) is 5.91 Å². The second kappa shape index (κ2) is 11.8. The molecule has 4 rings (SSSR count). The van der Waals surface area contributed by atoms with Gasteiger partial charge in [-0.15, -0.1) is 0 Å². The number of carbonyl (C=O) groups is 3. The van der Waals surface area contributed by atoms with E-state index in [0.717, 1.165) is 0 Å². The van der Waals surface area contributed by atoms with Crippen LogP contribution >= 0.6 is 0 Å². The van der Waals surface area contributed by atoms with Crippen LogP contribution in [-0.2, 0) is 16.1 Å². The van der Waals surface area contributed by atoms with Gasteiger partial charge >= 0.3 is 0 Å². The number of aromatic amines is 1. The zero-order valence-corrected chi connectivity index (χ0v) is 21.9. The Morgan fingerprint density at radius 3 is 2.79 bits per heavy atom. The Morgan fingerprint density at radius 2 is 2.08 bits per heavy atom. The molecule has 0 unspecified atom stereocenters. The molecule has 3 N–H and O–H groups in total. The molecule has 1 atom stereocenters. The first-order valence-electron chi connectivity index (χ1n) is 12.4. The number of nitrogens with one attached hydrogen (secondary N) is 3. The number of nitrogens with zero attached hydrogens (tertiary/aromatic N) is 3. The maximum absolute atomic E-state index is 13.1. The van der Waals surface area contributed by atoms with E-state index >= 15 is 0 Å². The molecule has 0 radical (unpaired) electrons. The minimum atomic E-state index is -0.800. The molecule has 38 heavy (non-hydrogen) atoms. The largest absolute Gasteiger partial charge is 0.493 e. The van der Waals surface area contributed by atoms with E-state index in [-0.39, 0.29) is 44.0 Å². The van der Waals surface area contributed by atoms with Crippen LogP contribution in [0.4, 0.5) is 0 Å². The summed E-state index contributed by atoms with van der Waals surface area (Å²) in [6.07, 6.45) is 3.30. The van der Waals surface area contributed by atoms with Crippen LogP contribution in [0.5, 0.6) is 11.5 Å². The molecular weight excluding hydrogens is 492 g/mol. The second-order valence-electron chi connectivity index (χ2n) is 9.31. The minimum absolute atomic E-state index is 0.123. The van der Waals surface area contributed by atoms with E-state index < -0.39 is 11.9 Å². The van der Waals surface area contributed by atoms with Crippen molar-refractivity contribution in [3.05, 3.63) is 47.6 Å². The van der Waals surface area contributed by atoms with Crippen molar-refractivity contribution >= 4 is 17.7 Å². The second-order valence-corrected chi connectivity index (χ2v) is 9.31. The van der Waals surface area contributed by atoms with Crippen LogP contribution in [-0.4, -0.2) is 70.7 Å². The van der Waals surface area contributed by atoms with Gasteiger partial charge in [0.15, 0.2) is 11.5 Å². The predicted octanol–water partition coefficient (Wildman–Crippen LogP) is 2.06. The molecule has 1 aromatic carbocycles. The molecule has 12 heteroatoms. The van der Waals surface area contributed by atoms with Crippen molar-refractivity contribution in [1.82, 2.24) is 30.7 Å². The van der Waals surface area contributed by atoms with E-state index in [2.05, 4.69) is 25.8 Å². The Morgan fingerprint density at radius 1 is 1.26 bits per heavy atom. The lowest BCUT2D eigenvalue weighted by Crippen LogP contribution is -2.52. The quantitative estimate of drug-likeness (QED) is 0.471. The van der Waals surface area contributed by atoms with Gasteiger partial charge in [-0.2, -0.15) is 5.10 Å². The molecule has 0 saturated heterocycles. The highest BCUT2D eigenvalue weighted by Crippen LogP contribution is 2.33. The molecule has 0 aliphatic carbocycles. The number of oxazole rings is 1. The maximum Gasteiger partial charge on any atom is 0.257 e. The lowest BCUT2D eigenvalue weighted by Gasteiger charge is -2.25. The number of amides is 3. The smallest absolute Gasteiger partial charge is 0.257 e. The van der Waals surface area contributed by atoms with Crippen molar-refractivity contribution < 1.29 is 28.3 Å². The highest BCUT2D eigenvalue weighted by atomic mass is 16.5. The third-order valence-electron chi connectivity index (χ3n) is 6.20.